The van der Waals surface area contributed by atoms with E-state index in [-0.39, 0.29) is 24.0 Å². The standard InChI is InChI=1S/C17H32N6O2.HI/c1-13(2)11-25-9-5-8-19-17(18-3)20-14-6-7-16-21-15(12-24-4)22-23(16)10-14;/h13-14H,5-12H2,1-4H3,(H2,18,19,20);1H. The molecule has 26 heavy (non-hydrogen) atoms. The second-order valence-corrected chi connectivity index (χ2v) is 6.76. The summed E-state index contributed by atoms with van der Waals surface area (Å²) in [5, 5.41) is 11.3. The van der Waals surface area contributed by atoms with Gasteiger partial charge in [-0.2, -0.15) is 5.10 Å². The van der Waals surface area contributed by atoms with Gasteiger partial charge in [0.25, 0.3) is 0 Å². The summed E-state index contributed by atoms with van der Waals surface area (Å²) in [6, 6.07) is 0.299. The van der Waals surface area contributed by atoms with Crippen LogP contribution in [0.15, 0.2) is 4.99 Å². The van der Waals surface area contributed by atoms with Crippen molar-refractivity contribution < 1.29 is 9.47 Å². The lowest BCUT2D eigenvalue weighted by atomic mass is 10.1. The number of aliphatic imine (C=N–C) groups is 1. The van der Waals surface area contributed by atoms with Crippen molar-refractivity contribution in [2.75, 3.05) is 33.9 Å². The van der Waals surface area contributed by atoms with Gasteiger partial charge in [-0.3, -0.25) is 4.99 Å². The quantitative estimate of drug-likeness (QED) is 0.242. The highest BCUT2D eigenvalue weighted by molar-refractivity contribution is 14.0. The highest BCUT2D eigenvalue weighted by atomic mass is 127. The molecule has 2 rings (SSSR count). The van der Waals surface area contributed by atoms with E-state index >= 15 is 0 Å². The molecule has 0 aromatic carbocycles. The van der Waals surface area contributed by atoms with Crippen LogP contribution in [-0.2, 0) is 29.0 Å². The molecule has 1 atom stereocenters. The van der Waals surface area contributed by atoms with Gasteiger partial charge in [-0.25, -0.2) is 9.67 Å². The van der Waals surface area contributed by atoms with Crippen LogP contribution in [0.5, 0.6) is 0 Å². The molecule has 1 aliphatic heterocycles. The molecule has 2 heterocycles. The molecule has 1 aliphatic rings. The van der Waals surface area contributed by atoms with Crippen LogP contribution in [0.1, 0.15) is 38.3 Å². The van der Waals surface area contributed by atoms with Crippen LogP contribution < -0.4 is 10.6 Å². The Balaban J connectivity index is 0.00000338. The van der Waals surface area contributed by atoms with Gasteiger partial charge in [-0.05, 0) is 18.8 Å². The zero-order valence-corrected chi connectivity index (χ0v) is 18.7. The number of fused-ring (bicyclic) bond motifs is 1. The van der Waals surface area contributed by atoms with Gasteiger partial charge >= 0.3 is 0 Å². The predicted octanol–water partition coefficient (Wildman–Crippen LogP) is 1.58. The van der Waals surface area contributed by atoms with Gasteiger partial charge in [-0.1, -0.05) is 13.8 Å². The summed E-state index contributed by atoms with van der Waals surface area (Å²) < 4.78 is 12.7. The number of rotatable bonds is 9. The van der Waals surface area contributed by atoms with Crippen molar-refractivity contribution in [3.8, 4) is 0 Å². The number of nitrogens with zero attached hydrogens (tertiary/aromatic N) is 4. The monoisotopic (exact) mass is 480 g/mol. The first-order valence-electron chi connectivity index (χ1n) is 9.08. The van der Waals surface area contributed by atoms with E-state index in [4.69, 9.17) is 9.47 Å². The molecule has 8 nitrogen and oxygen atoms in total. The maximum Gasteiger partial charge on any atom is 0.191 e. The fourth-order valence-corrected chi connectivity index (χ4v) is 2.76. The topological polar surface area (TPSA) is 85.6 Å². The van der Waals surface area contributed by atoms with Crippen LogP contribution in [0.2, 0.25) is 0 Å². The van der Waals surface area contributed by atoms with Gasteiger partial charge in [0.1, 0.15) is 12.4 Å². The fraction of sp³-hybridized carbons (Fsp3) is 0.824. The Morgan fingerprint density at radius 2 is 2.23 bits per heavy atom. The third-order valence-corrected chi connectivity index (χ3v) is 3.95. The Morgan fingerprint density at radius 3 is 2.92 bits per heavy atom. The molecule has 0 bridgehead atoms. The zero-order chi connectivity index (χ0) is 18.1. The van der Waals surface area contributed by atoms with E-state index in [9.17, 15) is 0 Å². The Morgan fingerprint density at radius 1 is 1.42 bits per heavy atom. The molecule has 0 saturated carbocycles. The van der Waals surface area contributed by atoms with Crippen molar-refractivity contribution >= 4 is 29.9 Å². The SMILES string of the molecule is CN=C(NCCCOCC(C)C)NC1CCc2nc(COC)nn2C1.I. The van der Waals surface area contributed by atoms with Crippen molar-refractivity contribution in [1.29, 1.82) is 0 Å². The molecule has 0 spiro atoms. The van der Waals surface area contributed by atoms with E-state index in [1.54, 1.807) is 14.2 Å². The third kappa shape index (κ3) is 7.75. The highest BCUT2D eigenvalue weighted by Gasteiger charge is 2.22. The van der Waals surface area contributed by atoms with Gasteiger partial charge in [0.05, 0.1) is 6.54 Å². The minimum absolute atomic E-state index is 0. The minimum atomic E-state index is 0. The molecule has 0 aliphatic carbocycles. The molecule has 9 heteroatoms. The number of hydrogen-bond donors (Lipinski definition) is 2. The number of methoxy groups -OCH3 is 1. The summed E-state index contributed by atoms with van der Waals surface area (Å²) in [6.07, 6.45) is 2.89. The number of ether oxygens (including phenoxy) is 2. The second kappa shape index (κ2) is 12.4. The van der Waals surface area contributed by atoms with Crippen LogP contribution >= 0.6 is 24.0 Å². The lowest BCUT2D eigenvalue weighted by Crippen LogP contribution is -2.47. The van der Waals surface area contributed by atoms with Gasteiger partial charge in [-0.15, -0.1) is 24.0 Å². The van der Waals surface area contributed by atoms with Gasteiger partial charge < -0.3 is 20.1 Å². The predicted molar refractivity (Wildman–Crippen MR) is 113 cm³/mol. The summed E-state index contributed by atoms with van der Waals surface area (Å²) in [5.74, 6) is 3.20. The number of hydrogen-bond acceptors (Lipinski definition) is 5. The van der Waals surface area contributed by atoms with Crippen molar-refractivity contribution in [2.24, 2.45) is 10.9 Å². The Hall–Kier alpha value is -0.940. The van der Waals surface area contributed by atoms with Crippen LogP contribution in [0, 0.1) is 5.92 Å². The molecule has 0 amide bonds. The molecule has 0 fully saturated rings. The van der Waals surface area contributed by atoms with Crippen LogP contribution in [-0.4, -0.2) is 60.7 Å². The number of nitrogens with one attached hydrogen (secondary N) is 2. The molecule has 1 aromatic heterocycles. The molecule has 0 saturated heterocycles. The van der Waals surface area contributed by atoms with Crippen LogP contribution in [0.4, 0.5) is 0 Å². The third-order valence-electron chi connectivity index (χ3n) is 3.95. The number of halogens is 1. The highest BCUT2D eigenvalue weighted by Crippen LogP contribution is 2.13. The van der Waals surface area contributed by atoms with Gasteiger partial charge in [0.15, 0.2) is 11.8 Å². The summed E-state index contributed by atoms with van der Waals surface area (Å²) in [6.45, 7) is 8.01. The summed E-state index contributed by atoms with van der Waals surface area (Å²) >= 11 is 0. The van der Waals surface area contributed by atoms with E-state index < -0.39 is 0 Å². The van der Waals surface area contributed by atoms with E-state index in [0.717, 1.165) is 63.2 Å². The first kappa shape index (κ1) is 23.1. The first-order chi connectivity index (χ1) is 12.1. The van der Waals surface area contributed by atoms with Crippen molar-refractivity contribution in [2.45, 2.75) is 52.3 Å². The Labute approximate surface area is 173 Å². The molecule has 1 aromatic rings. The molecular formula is C17H33IN6O2. The van der Waals surface area contributed by atoms with Crippen molar-refractivity contribution in [3.05, 3.63) is 11.6 Å². The summed E-state index contributed by atoms with van der Waals surface area (Å²) in [4.78, 5) is 8.81. The fourth-order valence-electron chi connectivity index (χ4n) is 2.76. The number of aromatic nitrogens is 3. The maximum atomic E-state index is 5.59. The minimum Gasteiger partial charge on any atom is -0.381 e. The molecule has 2 N–H and O–H groups in total. The van der Waals surface area contributed by atoms with Crippen LogP contribution in [0.3, 0.4) is 0 Å². The summed E-state index contributed by atoms with van der Waals surface area (Å²) in [7, 11) is 3.46. The average Bonchev–Trinajstić information content (AvgIpc) is 2.98. The Bertz CT molecular complexity index is 549. The van der Waals surface area contributed by atoms with Gasteiger partial charge in [0.2, 0.25) is 0 Å². The smallest absolute Gasteiger partial charge is 0.191 e. The lowest BCUT2D eigenvalue weighted by molar-refractivity contribution is 0.108. The van der Waals surface area contributed by atoms with Crippen LogP contribution in [0.25, 0.3) is 0 Å². The lowest BCUT2D eigenvalue weighted by Gasteiger charge is -2.25. The van der Waals surface area contributed by atoms with Gasteiger partial charge in [0, 0.05) is 46.4 Å². The average molecular weight is 480 g/mol. The van der Waals surface area contributed by atoms with Crippen molar-refractivity contribution in [1.82, 2.24) is 25.4 Å². The number of aryl methyl sites for hydroxylation is 1. The first-order valence-corrected chi connectivity index (χ1v) is 9.08. The van der Waals surface area contributed by atoms with Crippen molar-refractivity contribution in [3.63, 3.8) is 0 Å². The molecule has 150 valence electrons. The van der Waals surface area contributed by atoms with E-state index in [1.165, 1.54) is 0 Å². The molecule has 1 unspecified atom stereocenters. The molecular weight excluding hydrogens is 447 g/mol. The zero-order valence-electron chi connectivity index (χ0n) is 16.3. The number of guanidine groups is 1. The maximum absolute atomic E-state index is 5.59. The molecule has 0 radical (unpaired) electrons. The van der Waals surface area contributed by atoms with E-state index in [2.05, 4.69) is 39.6 Å². The normalized spacial score (nSPS) is 17.0. The van der Waals surface area contributed by atoms with E-state index in [1.807, 2.05) is 4.68 Å². The largest absolute Gasteiger partial charge is 0.381 e. The second-order valence-electron chi connectivity index (χ2n) is 6.76. The Kier molecular flexibility index (Phi) is 11.1. The summed E-state index contributed by atoms with van der Waals surface area (Å²) in [5.41, 5.74) is 0. The van der Waals surface area contributed by atoms with E-state index in [0.29, 0.717) is 18.6 Å².